The molecule has 0 N–H and O–H groups in total. The highest BCUT2D eigenvalue weighted by molar-refractivity contribution is 5.70. The van der Waals surface area contributed by atoms with E-state index in [1.54, 1.807) is 0 Å². The van der Waals surface area contributed by atoms with Gasteiger partial charge in [0.2, 0.25) is 0 Å². The molecule has 0 aliphatic heterocycles. The third kappa shape index (κ3) is 55.4. The molecule has 0 saturated carbocycles. The van der Waals surface area contributed by atoms with Gasteiger partial charge in [0.25, 0.3) is 0 Å². The number of carbonyl (C=O) groups excluding carboxylic acids is 2. The van der Waals surface area contributed by atoms with Gasteiger partial charge in [-0.2, -0.15) is 0 Å². The smallest absolute Gasteiger partial charge is 0.306 e. The van der Waals surface area contributed by atoms with Gasteiger partial charge < -0.3 is 14.2 Å². The Kier molecular flexibility index (Phi) is 55.4. The van der Waals surface area contributed by atoms with E-state index in [-0.39, 0.29) is 25.2 Å². The molecular formula is C63H108O5. The quantitative estimate of drug-likeness (QED) is 0.0345. The second-order valence-corrected chi connectivity index (χ2v) is 18.8. The van der Waals surface area contributed by atoms with Gasteiger partial charge in [-0.25, -0.2) is 0 Å². The molecule has 0 aromatic rings. The van der Waals surface area contributed by atoms with Gasteiger partial charge in [-0.1, -0.05) is 234 Å². The molecule has 0 aromatic heterocycles. The van der Waals surface area contributed by atoms with Crippen LogP contribution in [0.5, 0.6) is 0 Å². The fourth-order valence-electron chi connectivity index (χ4n) is 7.80. The summed E-state index contributed by atoms with van der Waals surface area (Å²) in [7, 11) is 0. The summed E-state index contributed by atoms with van der Waals surface area (Å²) in [6.45, 7) is 7.60. The highest BCUT2D eigenvalue weighted by Crippen LogP contribution is 2.14. The molecule has 0 radical (unpaired) electrons. The maximum Gasteiger partial charge on any atom is 0.306 e. The zero-order chi connectivity index (χ0) is 49.2. The Morgan fingerprint density at radius 2 is 0.691 bits per heavy atom. The molecular weight excluding hydrogens is 837 g/mol. The molecule has 0 aromatic carbocycles. The van der Waals surface area contributed by atoms with Crippen molar-refractivity contribution in [3.05, 3.63) is 97.2 Å². The first kappa shape index (κ1) is 64.8. The molecule has 0 rings (SSSR count). The van der Waals surface area contributed by atoms with Crippen molar-refractivity contribution in [3.8, 4) is 0 Å². The van der Waals surface area contributed by atoms with Gasteiger partial charge in [0.15, 0.2) is 6.10 Å². The highest BCUT2D eigenvalue weighted by atomic mass is 16.6. The molecule has 0 aliphatic carbocycles. The van der Waals surface area contributed by atoms with Gasteiger partial charge in [-0.15, -0.1) is 0 Å². The van der Waals surface area contributed by atoms with E-state index in [4.69, 9.17) is 14.2 Å². The summed E-state index contributed by atoms with van der Waals surface area (Å²) in [5.41, 5.74) is 0. The number of ether oxygens (including phenoxy) is 3. The molecule has 68 heavy (non-hydrogen) atoms. The summed E-state index contributed by atoms with van der Waals surface area (Å²) in [5.74, 6) is -0.422. The number of hydrogen-bond donors (Lipinski definition) is 0. The van der Waals surface area contributed by atoms with Crippen LogP contribution < -0.4 is 0 Å². The molecule has 0 amide bonds. The van der Waals surface area contributed by atoms with Crippen LogP contribution in [0.15, 0.2) is 97.2 Å². The molecule has 0 bridgehead atoms. The Hall–Kier alpha value is -3.18. The van der Waals surface area contributed by atoms with Gasteiger partial charge in [0, 0.05) is 19.4 Å². The SMILES string of the molecule is CC/C=C\C/C=C\C/C=C\C/C=C\CCCCCCCCC(=O)OCC(COCCCCCCCC/C=C\C/C=C\CCC)OC(=O)CCCCCCCCCCC/C=C\C/C=C\CCCCC. The predicted octanol–water partition coefficient (Wildman–Crippen LogP) is 19.8. The summed E-state index contributed by atoms with van der Waals surface area (Å²) in [5, 5.41) is 0. The van der Waals surface area contributed by atoms with E-state index < -0.39 is 6.10 Å². The summed E-state index contributed by atoms with van der Waals surface area (Å²) in [6.07, 6.45) is 78.5. The summed E-state index contributed by atoms with van der Waals surface area (Å²) in [6, 6.07) is 0. The lowest BCUT2D eigenvalue weighted by Gasteiger charge is -2.18. The Labute approximate surface area is 422 Å². The van der Waals surface area contributed by atoms with Gasteiger partial charge in [-0.3, -0.25) is 9.59 Å². The van der Waals surface area contributed by atoms with Crippen molar-refractivity contribution < 1.29 is 23.8 Å². The first-order valence-electron chi connectivity index (χ1n) is 28.8. The summed E-state index contributed by atoms with van der Waals surface area (Å²) < 4.78 is 17.5. The highest BCUT2D eigenvalue weighted by Gasteiger charge is 2.17. The van der Waals surface area contributed by atoms with Crippen LogP contribution in [0.25, 0.3) is 0 Å². The first-order chi connectivity index (χ1) is 33.6. The van der Waals surface area contributed by atoms with Gasteiger partial charge in [0.1, 0.15) is 6.61 Å². The maximum atomic E-state index is 12.9. The lowest BCUT2D eigenvalue weighted by atomic mass is 10.1. The lowest BCUT2D eigenvalue weighted by molar-refractivity contribution is -0.163. The molecule has 1 unspecified atom stereocenters. The van der Waals surface area contributed by atoms with E-state index >= 15 is 0 Å². The third-order valence-corrected chi connectivity index (χ3v) is 12.1. The zero-order valence-corrected chi connectivity index (χ0v) is 44.8. The van der Waals surface area contributed by atoms with Crippen molar-refractivity contribution in [2.75, 3.05) is 19.8 Å². The molecule has 0 spiro atoms. The Morgan fingerprint density at radius 3 is 1.12 bits per heavy atom. The minimum absolute atomic E-state index is 0.0676. The fourth-order valence-corrected chi connectivity index (χ4v) is 7.80. The van der Waals surface area contributed by atoms with Crippen LogP contribution in [0, 0.1) is 0 Å². The largest absolute Gasteiger partial charge is 0.462 e. The van der Waals surface area contributed by atoms with E-state index in [0.717, 1.165) is 96.3 Å². The van der Waals surface area contributed by atoms with Crippen LogP contribution >= 0.6 is 0 Å². The van der Waals surface area contributed by atoms with E-state index in [1.807, 2.05) is 0 Å². The zero-order valence-electron chi connectivity index (χ0n) is 44.8. The number of unbranched alkanes of at least 4 members (excludes halogenated alkanes) is 25. The normalized spacial score (nSPS) is 12.9. The van der Waals surface area contributed by atoms with Gasteiger partial charge >= 0.3 is 11.9 Å². The van der Waals surface area contributed by atoms with Crippen molar-refractivity contribution in [2.24, 2.45) is 0 Å². The van der Waals surface area contributed by atoms with Crippen LogP contribution in [-0.4, -0.2) is 37.9 Å². The van der Waals surface area contributed by atoms with Crippen molar-refractivity contribution in [1.29, 1.82) is 0 Å². The molecule has 0 aliphatic rings. The van der Waals surface area contributed by atoms with Crippen molar-refractivity contribution in [1.82, 2.24) is 0 Å². The average molecular weight is 946 g/mol. The lowest BCUT2D eigenvalue weighted by Crippen LogP contribution is -2.30. The Bertz CT molecular complexity index is 1300. The van der Waals surface area contributed by atoms with E-state index in [1.165, 1.54) is 135 Å². The molecule has 1 atom stereocenters. The van der Waals surface area contributed by atoms with E-state index in [2.05, 4.69) is 118 Å². The molecule has 5 heteroatoms. The third-order valence-electron chi connectivity index (χ3n) is 12.1. The molecule has 0 fully saturated rings. The van der Waals surface area contributed by atoms with Crippen molar-refractivity contribution >= 4 is 11.9 Å². The van der Waals surface area contributed by atoms with Crippen molar-refractivity contribution in [3.63, 3.8) is 0 Å². The van der Waals surface area contributed by atoms with Crippen LogP contribution in [0.4, 0.5) is 0 Å². The van der Waals surface area contributed by atoms with Crippen LogP contribution in [0.1, 0.15) is 265 Å². The Morgan fingerprint density at radius 1 is 0.338 bits per heavy atom. The molecule has 5 nitrogen and oxygen atoms in total. The molecule has 0 saturated heterocycles. The monoisotopic (exact) mass is 945 g/mol. The van der Waals surface area contributed by atoms with Crippen molar-refractivity contribution in [2.45, 2.75) is 271 Å². The first-order valence-corrected chi connectivity index (χ1v) is 28.8. The van der Waals surface area contributed by atoms with Gasteiger partial charge in [0.05, 0.1) is 6.61 Å². The Balaban J connectivity index is 4.31. The summed E-state index contributed by atoms with van der Waals surface area (Å²) in [4.78, 5) is 25.5. The van der Waals surface area contributed by atoms with E-state index in [9.17, 15) is 9.59 Å². The maximum absolute atomic E-state index is 12.9. The number of carbonyl (C=O) groups is 2. The standard InChI is InChI=1S/C63H108O5/c1-4-7-10-13-16-19-22-25-28-30-32-34-36-38-41-44-47-50-53-56-62(64)67-60-61(59-66-58-55-52-49-46-43-40-27-24-21-18-15-12-9-6-3)68-63(65)57-54-51-48-45-42-39-37-35-33-31-29-26-23-20-17-14-11-8-5-2/h7,10,12,15-17,19-21,24-26,28-29,32,34,61H,4-6,8-9,11,13-14,18,22-23,27,30-31,33,35-60H2,1-3H3/b10-7-,15-12-,19-16-,20-17-,24-21-,28-25-,29-26-,34-32-. The second kappa shape index (κ2) is 58.1. The van der Waals surface area contributed by atoms with Gasteiger partial charge in [-0.05, 0) is 116 Å². The summed E-state index contributed by atoms with van der Waals surface area (Å²) >= 11 is 0. The topological polar surface area (TPSA) is 61.8 Å². The minimum Gasteiger partial charge on any atom is -0.462 e. The average Bonchev–Trinajstić information content (AvgIpc) is 3.34. The molecule has 390 valence electrons. The number of allylic oxidation sites excluding steroid dienone is 16. The number of rotatable bonds is 52. The van der Waals surface area contributed by atoms with Crippen LogP contribution in [0.2, 0.25) is 0 Å². The van der Waals surface area contributed by atoms with Crippen LogP contribution in [-0.2, 0) is 23.8 Å². The predicted molar refractivity (Wildman–Crippen MR) is 297 cm³/mol. The minimum atomic E-state index is -0.556. The fraction of sp³-hybridized carbons (Fsp3) is 0.714. The van der Waals surface area contributed by atoms with Crippen LogP contribution in [0.3, 0.4) is 0 Å². The molecule has 0 heterocycles. The second-order valence-electron chi connectivity index (χ2n) is 18.8. The van der Waals surface area contributed by atoms with E-state index in [0.29, 0.717) is 19.4 Å². The number of hydrogen-bond acceptors (Lipinski definition) is 5. The number of esters is 2.